The normalized spacial score (nSPS) is 10.8. The van der Waals surface area contributed by atoms with E-state index < -0.39 is 0 Å². The Labute approximate surface area is 147 Å². The molecule has 130 valence electrons. The molecule has 26 heavy (non-hydrogen) atoms. The maximum Gasteiger partial charge on any atom is 0.289 e. The fourth-order valence-electron chi connectivity index (χ4n) is 2.53. The van der Waals surface area contributed by atoms with E-state index in [-0.39, 0.29) is 18.0 Å². The highest BCUT2D eigenvalue weighted by Crippen LogP contribution is 2.28. The average molecular weight is 350 g/mol. The van der Waals surface area contributed by atoms with Crippen LogP contribution in [0, 0.1) is 0 Å². The summed E-state index contributed by atoms with van der Waals surface area (Å²) in [6, 6.07) is 15.6. The third kappa shape index (κ3) is 3.02. The summed E-state index contributed by atoms with van der Waals surface area (Å²) >= 11 is 0. The summed E-state index contributed by atoms with van der Waals surface area (Å²) in [6.07, 6.45) is 0. The van der Waals surface area contributed by atoms with Crippen molar-refractivity contribution < 1.29 is 18.4 Å². The maximum atomic E-state index is 12.1. The first-order chi connectivity index (χ1) is 12.7. The van der Waals surface area contributed by atoms with Gasteiger partial charge in [0.1, 0.15) is 11.3 Å². The monoisotopic (exact) mass is 350 g/mol. The summed E-state index contributed by atoms with van der Waals surface area (Å²) in [4.78, 5) is 16.4. The Morgan fingerprint density at radius 2 is 1.88 bits per heavy atom. The van der Waals surface area contributed by atoms with E-state index in [0.717, 1.165) is 0 Å². The Kier molecular flexibility index (Phi) is 4.10. The number of hydrogen-bond acceptors (Lipinski definition) is 7. The lowest BCUT2D eigenvalue weighted by atomic mass is 10.2. The van der Waals surface area contributed by atoms with Gasteiger partial charge in [-0.1, -0.05) is 29.4 Å². The van der Waals surface area contributed by atoms with Crippen LogP contribution in [0.25, 0.3) is 22.4 Å². The highest BCUT2D eigenvalue weighted by Gasteiger charge is 2.14. The van der Waals surface area contributed by atoms with Crippen LogP contribution in [0.5, 0.6) is 11.7 Å². The van der Waals surface area contributed by atoms with Crippen molar-refractivity contribution in [2.75, 3.05) is 7.11 Å². The van der Waals surface area contributed by atoms with E-state index >= 15 is 0 Å². The molecule has 7 nitrogen and oxygen atoms in total. The minimum absolute atomic E-state index is 0.0000702. The first-order valence-electron chi connectivity index (χ1n) is 7.86. The van der Waals surface area contributed by atoms with Crippen molar-refractivity contribution in [1.82, 2.24) is 10.1 Å². The smallest absolute Gasteiger partial charge is 0.289 e. The number of benzene rings is 2. The Morgan fingerprint density at radius 1 is 1.08 bits per heavy atom. The van der Waals surface area contributed by atoms with Gasteiger partial charge in [-0.05, 0) is 24.3 Å². The fraction of sp³-hybridized carbons (Fsp3) is 0.105. The summed E-state index contributed by atoms with van der Waals surface area (Å²) in [5, 5.41) is 4.38. The van der Waals surface area contributed by atoms with Gasteiger partial charge in [0.2, 0.25) is 5.82 Å². The molecule has 7 heteroatoms. The van der Waals surface area contributed by atoms with Crippen LogP contribution in [-0.4, -0.2) is 17.3 Å². The van der Waals surface area contributed by atoms with E-state index in [9.17, 15) is 4.79 Å². The molecule has 0 saturated carbocycles. The van der Waals surface area contributed by atoms with Gasteiger partial charge in [0.15, 0.2) is 12.0 Å². The second kappa shape index (κ2) is 6.72. The van der Waals surface area contributed by atoms with Crippen molar-refractivity contribution in [3.63, 3.8) is 0 Å². The Morgan fingerprint density at radius 3 is 2.77 bits per heavy atom. The quantitative estimate of drug-likeness (QED) is 0.545. The average Bonchev–Trinajstić information content (AvgIpc) is 3.15. The SMILES string of the molecule is COc1ccccc1-c1nc(COc2cc(=O)c3ccccc3o2)no1. The van der Waals surface area contributed by atoms with Crippen LogP contribution in [-0.2, 0) is 6.61 Å². The van der Waals surface area contributed by atoms with Crippen molar-refractivity contribution in [3.05, 3.63) is 70.6 Å². The number of para-hydroxylation sites is 2. The van der Waals surface area contributed by atoms with Crippen LogP contribution in [0.2, 0.25) is 0 Å². The third-order valence-electron chi connectivity index (χ3n) is 3.76. The maximum absolute atomic E-state index is 12.1. The fourth-order valence-corrected chi connectivity index (χ4v) is 2.53. The molecule has 0 radical (unpaired) electrons. The number of nitrogens with zero attached hydrogens (tertiary/aromatic N) is 2. The first kappa shape index (κ1) is 15.9. The molecule has 0 amide bonds. The molecular formula is C19H14N2O5. The molecular weight excluding hydrogens is 336 g/mol. The van der Waals surface area contributed by atoms with Gasteiger partial charge in [-0.15, -0.1) is 0 Å². The number of ether oxygens (including phenoxy) is 2. The molecule has 0 spiro atoms. The van der Waals surface area contributed by atoms with Crippen molar-refractivity contribution in [3.8, 4) is 23.1 Å². The molecule has 4 aromatic rings. The summed E-state index contributed by atoms with van der Waals surface area (Å²) in [6.45, 7) is -0.0000702. The van der Waals surface area contributed by atoms with Gasteiger partial charge in [0, 0.05) is 0 Å². The zero-order chi connectivity index (χ0) is 17.9. The minimum Gasteiger partial charge on any atom is -0.496 e. The predicted octanol–water partition coefficient (Wildman–Crippen LogP) is 3.43. The van der Waals surface area contributed by atoms with Crippen LogP contribution in [0.3, 0.4) is 0 Å². The standard InChI is InChI=1S/C19H14N2O5/c1-23-15-8-4-3-7-13(15)19-20-17(21-26-19)11-24-18-10-14(22)12-6-2-5-9-16(12)25-18/h2-10H,11H2,1H3. The molecule has 0 atom stereocenters. The molecule has 0 aliphatic carbocycles. The van der Waals surface area contributed by atoms with Gasteiger partial charge < -0.3 is 18.4 Å². The molecule has 0 saturated heterocycles. The van der Waals surface area contributed by atoms with Gasteiger partial charge in [-0.3, -0.25) is 4.79 Å². The molecule has 0 N–H and O–H groups in total. The largest absolute Gasteiger partial charge is 0.496 e. The Bertz CT molecular complexity index is 1120. The van der Waals surface area contributed by atoms with E-state index in [1.165, 1.54) is 6.07 Å². The molecule has 0 fully saturated rings. The molecule has 0 aliphatic rings. The molecule has 2 heterocycles. The van der Waals surface area contributed by atoms with E-state index in [2.05, 4.69) is 10.1 Å². The van der Waals surface area contributed by atoms with Gasteiger partial charge in [-0.25, -0.2) is 0 Å². The Hall–Kier alpha value is -3.61. The third-order valence-corrected chi connectivity index (χ3v) is 3.76. The Balaban J connectivity index is 1.54. The highest BCUT2D eigenvalue weighted by molar-refractivity contribution is 5.76. The van der Waals surface area contributed by atoms with Crippen LogP contribution < -0.4 is 14.9 Å². The summed E-state index contributed by atoms with van der Waals surface area (Å²) in [5.41, 5.74) is 0.966. The second-order valence-corrected chi connectivity index (χ2v) is 5.43. The summed E-state index contributed by atoms with van der Waals surface area (Å²) < 4.78 is 21.6. The highest BCUT2D eigenvalue weighted by atomic mass is 16.6. The zero-order valence-corrected chi connectivity index (χ0v) is 13.8. The second-order valence-electron chi connectivity index (χ2n) is 5.43. The molecule has 0 aliphatic heterocycles. The van der Waals surface area contributed by atoms with Crippen molar-refractivity contribution in [2.24, 2.45) is 0 Å². The van der Waals surface area contributed by atoms with E-state index in [4.69, 9.17) is 18.4 Å². The zero-order valence-electron chi connectivity index (χ0n) is 13.8. The molecule has 2 aromatic heterocycles. The summed E-state index contributed by atoms with van der Waals surface area (Å²) in [5.74, 6) is 1.37. The van der Waals surface area contributed by atoms with Gasteiger partial charge in [0.25, 0.3) is 11.8 Å². The number of hydrogen-bond donors (Lipinski definition) is 0. The summed E-state index contributed by atoms with van der Waals surface area (Å²) in [7, 11) is 1.57. The lowest BCUT2D eigenvalue weighted by Crippen LogP contribution is -2.03. The van der Waals surface area contributed by atoms with Gasteiger partial charge in [0.05, 0.1) is 24.1 Å². The van der Waals surface area contributed by atoms with Crippen LogP contribution in [0.15, 0.2) is 68.3 Å². The molecule has 4 rings (SSSR count). The molecule has 0 unspecified atom stereocenters. The topological polar surface area (TPSA) is 87.6 Å². The van der Waals surface area contributed by atoms with E-state index in [0.29, 0.717) is 34.0 Å². The lowest BCUT2D eigenvalue weighted by Gasteiger charge is -2.03. The number of rotatable bonds is 5. The lowest BCUT2D eigenvalue weighted by molar-refractivity contribution is 0.224. The van der Waals surface area contributed by atoms with E-state index in [1.807, 2.05) is 18.2 Å². The number of aromatic nitrogens is 2. The van der Waals surface area contributed by atoms with E-state index in [1.54, 1.807) is 37.4 Å². The number of fused-ring (bicyclic) bond motifs is 1. The molecule has 2 aromatic carbocycles. The van der Waals surface area contributed by atoms with Gasteiger partial charge >= 0.3 is 0 Å². The van der Waals surface area contributed by atoms with Crippen LogP contribution >= 0.6 is 0 Å². The van der Waals surface area contributed by atoms with Crippen molar-refractivity contribution in [1.29, 1.82) is 0 Å². The van der Waals surface area contributed by atoms with Crippen molar-refractivity contribution in [2.45, 2.75) is 6.61 Å². The van der Waals surface area contributed by atoms with Crippen molar-refractivity contribution >= 4 is 11.0 Å². The minimum atomic E-state index is -0.176. The predicted molar refractivity (Wildman–Crippen MR) is 93.1 cm³/mol. The van der Waals surface area contributed by atoms with Gasteiger partial charge in [-0.2, -0.15) is 4.98 Å². The van der Waals surface area contributed by atoms with Crippen LogP contribution in [0.4, 0.5) is 0 Å². The van der Waals surface area contributed by atoms with Crippen LogP contribution in [0.1, 0.15) is 5.82 Å². The number of methoxy groups -OCH3 is 1. The molecule has 0 bridgehead atoms. The first-order valence-corrected chi connectivity index (χ1v) is 7.86.